The molecule has 0 fully saturated rings. The van der Waals surface area contributed by atoms with E-state index < -0.39 is 0 Å². The van der Waals surface area contributed by atoms with Crippen molar-refractivity contribution >= 4 is 60.2 Å². The molecule has 0 amide bonds. The molecule has 0 N–H and O–H groups in total. The molecule has 12 aromatic rings. The summed E-state index contributed by atoms with van der Waals surface area (Å²) < 4.78 is 0. The van der Waals surface area contributed by atoms with Crippen LogP contribution in [0.4, 0.5) is 17.1 Å². The molecule has 0 bridgehead atoms. The molecule has 0 spiro atoms. The lowest BCUT2D eigenvalue weighted by atomic mass is 9.84. The first-order valence-electron chi connectivity index (χ1n) is 22.4. The molecule has 0 unspecified atom stereocenters. The molecule has 12 aromatic carbocycles. The van der Waals surface area contributed by atoms with Gasteiger partial charge in [-0.15, -0.1) is 0 Å². The molecular weight excluding hydrogens is 783 g/mol. The summed E-state index contributed by atoms with van der Waals surface area (Å²) in [6.07, 6.45) is 0. The summed E-state index contributed by atoms with van der Waals surface area (Å²) in [4.78, 5) is 2.38. The summed E-state index contributed by atoms with van der Waals surface area (Å²) in [7, 11) is 0. The van der Waals surface area contributed by atoms with Crippen molar-refractivity contribution in [3.63, 3.8) is 0 Å². The molecule has 65 heavy (non-hydrogen) atoms. The van der Waals surface area contributed by atoms with Crippen LogP contribution in [0, 0.1) is 0 Å². The maximum absolute atomic E-state index is 2.41. The van der Waals surface area contributed by atoms with Crippen LogP contribution in [-0.4, -0.2) is 0 Å². The van der Waals surface area contributed by atoms with Crippen molar-refractivity contribution in [2.45, 2.75) is 0 Å². The topological polar surface area (TPSA) is 3.24 Å². The van der Waals surface area contributed by atoms with Crippen molar-refractivity contribution in [3.05, 3.63) is 261 Å². The number of fused-ring (bicyclic) bond motifs is 5. The Kier molecular flexibility index (Phi) is 9.58. The first kappa shape index (κ1) is 38.2. The summed E-state index contributed by atoms with van der Waals surface area (Å²) in [5, 5.41) is 10.00. The lowest BCUT2D eigenvalue weighted by Crippen LogP contribution is -2.10. The van der Waals surface area contributed by atoms with Gasteiger partial charge in [0.1, 0.15) is 0 Å². The van der Waals surface area contributed by atoms with E-state index in [4.69, 9.17) is 0 Å². The highest BCUT2D eigenvalue weighted by Crippen LogP contribution is 2.46. The second-order valence-electron chi connectivity index (χ2n) is 16.9. The molecule has 0 aromatic heterocycles. The second kappa shape index (κ2) is 16.3. The van der Waals surface area contributed by atoms with Crippen LogP contribution in [0.25, 0.3) is 98.7 Å². The monoisotopic (exact) mass is 825 g/mol. The second-order valence-corrected chi connectivity index (χ2v) is 16.9. The van der Waals surface area contributed by atoms with Crippen LogP contribution in [0.5, 0.6) is 0 Å². The third-order valence-electron chi connectivity index (χ3n) is 13.0. The van der Waals surface area contributed by atoms with Crippen molar-refractivity contribution in [1.29, 1.82) is 0 Å². The molecule has 0 atom stereocenters. The van der Waals surface area contributed by atoms with E-state index in [9.17, 15) is 0 Å². The molecule has 0 aliphatic heterocycles. The summed E-state index contributed by atoms with van der Waals surface area (Å²) in [6, 6.07) is 95.2. The van der Waals surface area contributed by atoms with Gasteiger partial charge in [-0.05, 0) is 147 Å². The number of nitrogens with zero attached hydrogens (tertiary/aromatic N) is 1. The van der Waals surface area contributed by atoms with Crippen LogP contribution in [-0.2, 0) is 0 Å². The lowest BCUT2D eigenvalue weighted by Gasteiger charge is -2.26. The van der Waals surface area contributed by atoms with Gasteiger partial charge < -0.3 is 4.90 Å². The average molecular weight is 826 g/mol. The normalized spacial score (nSPS) is 11.4. The van der Waals surface area contributed by atoms with E-state index in [0.29, 0.717) is 0 Å². The predicted octanol–water partition coefficient (Wildman–Crippen LogP) is 18.1. The first-order chi connectivity index (χ1) is 32.2. The third kappa shape index (κ3) is 7.01. The van der Waals surface area contributed by atoms with E-state index in [-0.39, 0.29) is 0 Å². The highest BCUT2D eigenvalue weighted by atomic mass is 15.1. The number of hydrogen-bond donors (Lipinski definition) is 0. The van der Waals surface area contributed by atoms with Crippen molar-refractivity contribution in [2.75, 3.05) is 4.90 Å². The molecular formula is C64H43N. The Balaban J connectivity index is 0.986. The van der Waals surface area contributed by atoms with Crippen LogP contribution in [0.15, 0.2) is 261 Å². The van der Waals surface area contributed by atoms with E-state index >= 15 is 0 Å². The fraction of sp³-hybridized carbons (Fsp3) is 0. The molecule has 0 saturated carbocycles. The van der Waals surface area contributed by atoms with Gasteiger partial charge in [0, 0.05) is 17.1 Å². The van der Waals surface area contributed by atoms with Crippen LogP contribution in [0.2, 0.25) is 0 Å². The minimum Gasteiger partial charge on any atom is -0.310 e. The van der Waals surface area contributed by atoms with Gasteiger partial charge >= 0.3 is 0 Å². The Morgan fingerprint density at radius 3 is 1.37 bits per heavy atom. The summed E-state index contributed by atoms with van der Waals surface area (Å²) in [5.74, 6) is 0. The van der Waals surface area contributed by atoms with E-state index in [1.807, 2.05) is 0 Å². The van der Waals surface area contributed by atoms with E-state index in [1.165, 1.54) is 98.7 Å². The van der Waals surface area contributed by atoms with Gasteiger partial charge in [0.2, 0.25) is 0 Å². The summed E-state index contributed by atoms with van der Waals surface area (Å²) in [5.41, 5.74) is 15.4. The average Bonchev–Trinajstić information content (AvgIpc) is 3.39. The Bertz CT molecular complexity index is 3680. The van der Waals surface area contributed by atoms with Gasteiger partial charge in [-0.2, -0.15) is 0 Å². The van der Waals surface area contributed by atoms with Gasteiger partial charge in [0.25, 0.3) is 0 Å². The number of anilines is 3. The van der Waals surface area contributed by atoms with Crippen LogP contribution < -0.4 is 4.90 Å². The van der Waals surface area contributed by atoms with Gasteiger partial charge in [0.05, 0.1) is 0 Å². The maximum Gasteiger partial charge on any atom is 0.0467 e. The SMILES string of the molecule is c1ccc(-c2c(-c3ccccc3)c3cc(-c4ccc(N(c5ccc(-c6ccc7ccccc7c6)cc5)c5cccc(-c6cccc7ccccc67)c5)cc4)ccc3c3ccccc23)cc1. The lowest BCUT2D eigenvalue weighted by molar-refractivity contribution is 1.28. The fourth-order valence-electron chi connectivity index (χ4n) is 9.89. The molecule has 12 rings (SSSR count). The zero-order chi connectivity index (χ0) is 43.1. The van der Waals surface area contributed by atoms with Crippen LogP contribution in [0.1, 0.15) is 0 Å². The van der Waals surface area contributed by atoms with Crippen LogP contribution in [0.3, 0.4) is 0 Å². The molecule has 1 nitrogen and oxygen atoms in total. The van der Waals surface area contributed by atoms with E-state index in [1.54, 1.807) is 0 Å². The van der Waals surface area contributed by atoms with E-state index in [2.05, 4.69) is 266 Å². The Labute approximate surface area is 379 Å². The zero-order valence-corrected chi connectivity index (χ0v) is 35.8. The van der Waals surface area contributed by atoms with Crippen molar-refractivity contribution < 1.29 is 0 Å². The number of hydrogen-bond acceptors (Lipinski definition) is 1. The number of rotatable bonds is 8. The summed E-state index contributed by atoms with van der Waals surface area (Å²) >= 11 is 0. The first-order valence-corrected chi connectivity index (χ1v) is 22.4. The molecule has 0 aliphatic carbocycles. The maximum atomic E-state index is 2.41. The highest BCUT2D eigenvalue weighted by Gasteiger charge is 2.19. The molecule has 0 aliphatic rings. The Morgan fingerprint density at radius 1 is 0.200 bits per heavy atom. The van der Waals surface area contributed by atoms with Crippen molar-refractivity contribution in [2.24, 2.45) is 0 Å². The largest absolute Gasteiger partial charge is 0.310 e. The van der Waals surface area contributed by atoms with Gasteiger partial charge in [0.15, 0.2) is 0 Å². The van der Waals surface area contributed by atoms with Crippen molar-refractivity contribution in [3.8, 4) is 55.6 Å². The van der Waals surface area contributed by atoms with E-state index in [0.717, 1.165) is 17.1 Å². The quantitative estimate of drug-likeness (QED) is 0.138. The molecule has 304 valence electrons. The molecule has 0 radical (unpaired) electrons. The van der Waals surface area contributed by atoms with Crippen molar-refractivity contribution in [1.82, 2.24) is 0 Å². The molecule has 1 heteroatoms. The third-order valence-corrected chi connectivity index (χ3v) is 13.0. The zero-order valence-electron chi connectivity index (χ0n) is 35.8. The summed E-state index contributed by atoms with van der Waals surface area (Å²) in [6.45, 7) is 0. The minimum atomic E-state index is 1.09. The minimum absolute atomic E-state index is 1.09. The number of benzene rings is 12. The van der Waals surface area contributed by atoms with Gasteiger partial charge in [-0.25, -0.2) is 0 Å². The smallest absolute Gasteiger partial charge is 0.0467 e. The van der Waals surface area contributed by atoms with Gasteiger partial charge in [-0.3, -0.25) is 0 Å². The standard InChI is InChI=1S/C64H43N/c1-3-17-48(18-4-1)63-61-27-12-11-26-59(61)60-40-35-52(43-62(60)64(63)49-19-5-2-6-20-49)46-33-38-55(39-34-46)65(54-36-31-45(32-37-54)51-30-29-44-15-7-8-21-50(44)41-51)56-24-13-23-53(42-56)58-28-14-22-47-16-9-10-25-57(47)58/h1-43H. The Morgan fingerprint density at radius 2 is 0.677 bits per heavy atom. The molecule has 0 saturated heterocycles. The Hall–Kier alpha value is -8.52. The predicted molar refractivity (Wildman–Crippen MR) is 278 cm³/mol. The molecule has 0 heterocycles. The van der Waals surface area contributed by atoms with Gasteiger partial charge in [-0.1, -0.05) is 212 Å². The highest BCUT2D eigenvalue weighted by molar-refractivity contribution is 6.22. The fourth-order valence-corrected chi connectivity index (χ4v) is 9.89. The van der Waals surface area contributed by atoms with Crippen LogP contribution >= 0.6 is 0 Å².